The summed E-state index contributed by atoms with van der Waals surface area (Å²) in [5.41, 5.74) is 0.687. The van der Waals surface area contributed by atoms with Crippen LogP contribution in [0.1, 0.15) is 24.0 Å². The van der Waals surface area contributed by atoms with Crippen LogP contribution in [-0.2, 0) is 11.3 Å². The summed E-state index contributed by atoms with van der Waals surface area (Å²) in [4.78, 5) is 11.0. The number of carboxylic acids is 1. The van der Waals surface area contributed by atoms with Crippen molar-refractivity contribution in [1.29, 1.82) is 5.26 Å². The van der Waals surface area contributed by atoms with E-state index in [9.17, 15) is 9.18 Å². The SMILES string of the molecule is N#Cc1ccc(F)c(CNC(C(=O)O)C2CC2)c1. The molecule has 0 saturated heterocycles. The maximum Gasteiger partial charge on any atom is 0.320 e. The summed E-state index contributed by atoms with van der Waals surface area (Å²) in [6.45, 7) is 0.120. The van der Waals surface area contributed by atoms with Crippen LogP contribution in [-0.4, -0.2) is 17.1 Å². The monoisotopic (exact) mass is 248 g/mol. The van der Waals surface area contributed by atoms with Gasteiger partial charge in [0.2, 0.25) is 0 Å². The lowest BCUT2D eigenvalue weighted by Crippen LogP contribution is -2.38. The average molecular weight is 248 g/mol. The second-order valence-corrected chi connectivity index (χ2v) is 4.45. The topological polar surface area (TPSA) is 73.1 Å². The number of hydrogen-bond donors (Lipinski definition) is 2. The molecule has 0 bridgehead atoms. The van der Waals surface area contributed by atoms with E-state index < -0.39 is 17.8 Å². The Morgan fingerprint density at radius 2 is 2.33 bits per heavy atom. The standard InChI is InChI=1S/C13H13FN2O2/c14-11-4-1-8(6-15)5-10(11)7-16-12(13(17)18)9-2-3-9/h1,4-5,9,12,16H,2-3,7H2,(H,17,18). The lowest BCUT2D eigenvalue weighted by Gasteiger charge is -2.13. The first kappa shape index (κ1) is 12.5. The van der Waals surface area contributed by atoms with E-state index in [1.165, 1.54) is 18.2 Å². The van der Waals surface area contributed by atoms with E-state index in [0.29, 0.717) is 11.1 Å². The second kappa shape index (κ2) is 5.15. The molecule has 18 heavy (non-hydrogen) atoms. The number of nitrogens with zero attached hydrogens (tertiary/aromatic N) is 1. The Morgan fingerprint density at radius 1 is 1.61 bits per heavy atom. The fraction of sp³-hybridized carbons (Fsp3) is 0.385. The number of benzene rings is 1. The van der Waals surface area contributed by atoms with E-state index in [4.69, 9.17) is 10.4 Å². The van der Waals surface area contributed by atoms with Gasteiger partial charge in [0, 0.05) is 12.1 Å². The molecule has 2 rings (SSSR count). The van der Waals surface area contributed by atoms with Crippen molar-refractivity contribution in [1.82, 2.24) is 5.32 Å². The van der Waals surface area contributed by atoms with Crippen LogP contribution in [0.15, 0.2) is 18.2 Å². The molecular formula is C13H13FN2O2. The highest BCUT2D eigenvalue weighted by atomic mass is 19.1. The highest BCUT2D eigenvalue weighted by Crippen LogP contribution is 2.32. The quantitative estimate of drug-likeness (QED) is 0.831. The molecule has 1 unspecified atom stereocenters. The zero-order chi connectivity index (χ0) is 13.1. The molecule has 0 heterocycles. The highest BCUT2D eigenvalue weighted by Gasteiger charge is 2.35. The Morgan fingerprint density at radius 3 is 2.89 bits per heavy atom. The van der Waals surface area contributed by atoms with Crippen molar-refractivity contribution in [2.75, 3.05) is 0 Å². The van der Waals surface area contributed by atoms with Crippen LogP contribution in [0.4, 0.5) is 4.39 Å². The van der Waals surface area contributed by atoms with Gasteiger partial charge in [0.1, 0.15) is 11.9 Å². The van der Waals surface area contributed by atoms with Crippen LogP contribution in [0.25, 0.3) is 0 Å². The van der Waals surface area contributed by atoms with Gasteiger partial charge in [-0.05, 0) is 37.0 Å². The van der Waals surface area contributed by atoms with Crippen LogP contribution in [0.5, 0.6) is 0 Å². The van der Waals surface area contributed by atoms with Crippen molar-refractivity contribution in [3.05, 3.63) is 35.1 Å². The third kappa shape index (κ3) is 2.84. The van der Waals surface area contributed by atoms with E-state index in [2.05, 4.69) is 5.32 Å². The fourth-order valence-electron chi connectivity index (χ4n) is 1.88. The number of carboxylic acid groups (broad SMARTS) is 1. The third-order valence-electron chi connectivity index (χ3n) is 3.05. The second-order valence-electron chi connectivity index (χ2n) is 4.45. The van der Waals surface area contributed by atoms with Gasteiger partial charge >= 0.3 is 5.97 Å². The van der Waals surface area contributed by atoms with Gasteiger partial charge in [0.25, 0.3) is 0 Å². The molecule has 2 N–H and O–H groups in total. The first-order valence-corrected chi connectivity index (χ1v) is 5.76. The predicted octanol–water partition coefficient (Wildman–Crippen LogP) is 1.65. The molecular weight excluding hydrogens is 235 g/mol. The van der Waals surface area contributed by atoms with E-state index in [0.717, 1.165) is 12.8 Å². The smallest absolute Gasteiger partial charge is 0.320 e. The normalized spacial score (nSPS) is 16.0. The van der Waals surface area contributed by atoms with Gasteiger partial charge in [-0.15, -0.1) is 0 Å². The summed E-state index contributed by atoms with van der Waals surface area (Å²) in [6.07, 6.45) is 1.79. The largest absolute Gasteiger partial charge is 0.480 e. The van der Waals surface area contributed by atoms with Crippen LogP contribution in [0.2, 0.25) is 0 Å². The Hall–Kier alpha value is -1.93. The molecule has 1 saturated carbocycles. The number of aliphatic carboxylic acids is 1. The third-order valence-corrected chi connectivity index (χ3v) is 3.05. The van der Waals surface area contributed by atoms with Crippen LogP contribution in [0, 0.1) is 23.1 Å². The molecule has 0 aliphatic heterocycles. The van der Waals surface area contributed by atoms with E-state index in [-0.39, 0.29) is 12.5 Å². The summed E-state index contributed by atoms with van der Waals surface area (Å²) < 4.78 is 13.5. The molecule has 0 aromatic heterocycles. The summed E-state index contributed by atoms with van der Waals surface area (Å²) in [5.74, 6) is -1.19. The van der Waals surface area contributed by atoms with Gasteiger partial charge in [-0.3, -0.25) is 10.1 Å². The molecule has 1 aromatic rings. The van der Waals surface area contributed by atoms with Gasteiger partial charge in [0.05, 0.1) is 11.6 Å². The summed E-state index contributed by atoms with van der Waals surface area (Å²) in [7, 11) is 0. The minimum Gasteiger partial charge on any atom is -0.480 e. The van der Waals surface area contributed by atoms with Gasteiger partial charge in [-0.1, -0.05) is 0 Å². The first-order valence-electron chi connectivity index (χ1n) is 5.76. The van der Waals surface area contributed by atoms with E-state index in [1.54, 1.807) is 0 Å². The molecule has 1 aromatic carbocycles. The van der Waals surface area contributed by atoms with Crippen LogP contribution >= 0.6 is 0 Å². The van der Waals surface area contributed by atoms with Crippen molar-refractivity contribution < 1.29 is 14.3 Å². The zero-order valence-corrected chi connectivity index (χ0v) is 9.69. The average Bonchev–Trinajstić information content (AvgIpc) is 3.15. The Bertz CT molecular complexity index is 506. The van der Waals surface area contributed by atoms with Gasteiger partial charge in [-0.25, -0.2) is 4.39 Å². The molecule has 1 aliphatic carbocycles. The minimum atomic E-state index is -0.908. The molecule has 0 radical (unpaired) electrons. The van der Waals surface area contributed by atoms with Crippen molar-refractivity contribution in [2.45, 2.75) is 25.4 Å². The van der Waals surface area contributed by atoms with Gasteiger partial charge < -0.3 is 5.11 Å². The van der Waals surface area contributed by atoms with Crippen molar-refractivity contribution in [3.63, 3.8) is 0 Å². The minimum absolute atomic E-state index is 0.120. The lowest BCUT2D eigenvalue weighted by molar-refractivity contribution is -0.140. The van der Waals surface area contributed by atoms with Crippen molar-refractivity contribution in [2.24, 2.45) is 5.92 Å². The predicted molar refractivity (Wildman–Crippen MR) is 62.1 cm³/mol. The van der Waals surface area contributed by atoms with Gasteiger partial charge in [-0.2, -0.15) is 5.26 Å². The first-order chi connectivity index (χ1) is 8.61. The lowest BCUT2D eigenvalue weighted by atomic mass is 10.1. The molecule has 1 aliphatic rings. The zero-order valence-electron chi connectivity index (χ0n) is 9.69. The summed E-state index contributed by atoms with van der Waals surface area (Å²) >= 11 is 0. The highest BCUT2D eigenvalue weighted by molar-refractivity contribution is 5.74. The van der Waals surface area contributed by atoms with E-state index in [1.807, 2.05) is 6.07 Å². The maximum absolute atomic E-state index is 13.5. The number of rotatable bonds is 5. The molecule has 0 spiro atoms. The maximum atomic E-state index is 13.5. The number of halogens is 1. The Kier molecular flexibility index (Phi) is 3.58. The number of nitrogens with one attached hydrogen (secondary N) is 1. The van der Waals surface area contributed by atoms with E-state index >= 15 is 0 Å². The molecule has 1 fully saturated rings. The van der Waals surface area contributed by atoms with Crippen molar-refractivity contribution in [3.8, 4) is 6.07 Å². The summed E-state index contributed by atoms with van der Waals surface area (Å²) in [5, 5.41) is 20.6. The molecule has 1 atom stereocenters. The van der Waals surface area contributed by atoms with Crippen LogP contribution < -0.4 is 5.32 Å². The molecule has 5 heteroatoms. The molecule has 4 nitrogen and oxygen atoms in total. The molecule has 0 amide bonds. The molecule has 94 valence electrons. The Balaban J connectivity index is 2.05. The summed E-state index contributed by atoms with van der Waals surface area (Å²) in [6, 6.07) is 5.36. The van der Waals surface area contributed by atoms with Crippen molar-refractivity contribution >= 4 is 5.97 Å². The number of hydrogen-bond acceptors (Lipinski definition) is 3. The Labute approximate surface area is 104 Å². The number of carbonyl (C=O) groups is 1. The number of nitriles is 1. The fourth-order valence-corrected chi connectivity index (χ4v) is 1.88. The van der Waals surface area contributed by atoms with Gasteiger partial charge in [0.15, 0.2) is 0 Å². The van der Waals surface area contributed by atoms with Crippen LogP contribution in [0.3, 0.4) is 0 Å².